The van der Waals surface area contributed by atoms with Crippen molar-refractivity contribution in [2.24, 2.45) is 0 Å². The van der Waals surface area contributed by atoms with E-state index in [0.717, 1.165) is 0 Å². The fourth-order valence-electron chi connectivity index (χ4n) is 0.910. The molecule has 0 fully saturated rings. The fourth-order valence-corrected chi connectivity index (χ4v) is 1.95. The summed E-state index contributed by atoms with van der Waals surface area (Å²) in [6.07, 6.45) is -4.72. The van der Waals surface area contributed by atoms with E-state index in [1.807, 2.05) is 0 Å². The Bertz CT molecular complexity index is 577. The summed E-state index contributed by atoms with van der Waals surface area (Å²) in [5.41, 5.74) is -6.84. The molecule has 1 aromatic carbocycles. The standard InChI is InChI=1S/C8H3BrF6O3S/c9-5-3-4(7(10,11)12)1-2-6(5)18-19(16,17)8(13,14)15/h1-3H. The Hall–Kier alpha value is -0.970. The predicted molar refractivity (Wildman–Crippen MR) is 54.7 cm³/mol. The van der Waals surface area contributed by atoms with E-state index in [1.54, 1.807) is 0 Å². The molecular formula is C8H3BrF6O3S. The summed E-state index contributed by atoms with van der Waals surface area (Å²) in [6, 6.07) is 1.27. The molecule has 0 aliphatic heterocycles. The van der Waals surface area contributed by atoms with Gasteiger partial charge in [-0.2, -0.15) is 34.8 Å². The summed E-state index contributed by atoms with van der Waals surface area (Å²) >= 11 is 2.50. The van der Waals surface area contributed by atoms with Gasteiger partial charge >= 0.3 is 21.8 Å². The number of hydrogen-bond donors (Lipinski definition) is 0. The predicted octanol–water partition coefficient (Wildman–Crippen LogP) is 3.70. The number of hydrogen-bond acceptors (Lipinski definition) is 3. The Balaban J connectivity index is 3.13. The van der Waals surface area contributed by atoms with Crippen LogP contribution in [-0.4, -0.2) is 13.9 Å². The van der Waals surface area contributed by atoms with Crippen molar-refractivity contribution in [3.8, 4) is 5.75 Å². The third kappa shape index (κ3) is 3.75. The Morgan fingerprint density at radius 3 is 1.95 bits per heavy atom. The number of rotatable bonds is 2. The van der Waals surface area contributed by atoms with Gasteiger partial charge in [0.05, 0.1) is 10.0 Å². The van der Waals surface area contributed by atoms with Gasteiger partial charge in [0.1, 0.15) is 0 Å². The van der Waals surface area contributed by atoms with Crippen molar-refractivity contribution in [3.05, 3.63) is 28.2 Å². The first-order chi connectivity index (χ1) is 8.34. The van der Waals surface area contributed by atoms with Crippen LogP contribution in [0.15, 0.2) is 22.7 Å². The molecule has 0 bridgehead atoms. The van der Waals surface area contributed by atoms with Gasteiger partial charge in [-0.25, -0.2) is 0 Å². The van der Waals surface area contributed by atoms with Crippen LogP contribution < -0.4 is 4.18 Å². The van der Waals surface area contributed by atoms with Crippen LogP contribution in [0, 0.1) is 0 Å². The lowest BCUT2D eigenvalue weighted by Gasteiger charge is -2.12. The SMILES string of the molecule is O=S(=O)(Oc1ccc(C(F)(F)F)cc1Br)C(F)(F)F. The zero-order chi connectivity index (χ0) is 15.1. The van der Waals surface area contributed by atoms with E-state index in [1.165, 1.54) is 0 Å². The molecule has 3 nitrogen and oxygen atoms in total. The Kier molecular flexibility index (Phi) is 4.11. The molecule has 0 radical (unpaired) electrons. The van der Waals surface area contributed by atoms with Crippen LogP contribution in [0.25, 0.3) is 0 Å². The van der Waals surface area contributed by atoms with Crippen molar-refractivity contribution in [3.63, 3.8) is 0 Å². The van der Waals surface area contributed by atoms with Crippen LogP contribution in [0.1, 0.15) is 5.56 Å². The van der Waals surface area contributed by atoms with E-state index < -0.39 is 37.6 Å². The van der Waals surface area contributed by atoms with E-state index in [9.17, 15) is 34.8 Å². The molecule has 0 N–H and O–H groups in total. The van der Waals surface area contributed by atoms with E-state index in [4.69, 9.17) is 0 Å². The fraction of sp³-hybridized carbons (Fsp3) is 0.250. The molecule has 19 heavy (non-hydrogen) atoms. The molecule has 0 unspecified atom stereocenters. The monoisotopic (exact) mass is 372 g/mol. The minimum Gasteiger partial charge on any atom is -0.375 e. The second kappa shape index (κ2) is 4.85. The second-order valence-corrected chi connectivity index (χ2v) is 5.52. The Morgan fingerprint density at radius 1 is 1.05 bits per heavy atom. The molecule has 0 aliphatic carbocycles. The van der Waals surface area contributed by atoms with E-state index in [-0.39, 0.29) is 0 Å². The topological polar surface area (TPSA) is 43.4 Å². The van der Waals surface area contributed by atoms with Crippen molar-refractivity contribution in [1.82, 2.24) is 0 Å². The molecule has 0 amide bonds. The summed E-state index contributed by atoms with van der Waals surface area (Å²) in [5, 5.41) is 0. The highest BCUT2D eigenvalue weighted by Gasteiger charge is 2.48. The van der Waals surface area contributed by atoms with Gasteiger partial charge in [-0.3, -0.25) is 0 Å². The summed E-state index contributed by atoms with van der Waals surface area (Å²) in [6.45, 7) is 0. The van der Waals surface area contributed by atoms with Crippen LogP contribution in [0.2, 0.25) is 0 Å². The van der Waals surface area contributed by atoms with Crippen molar-refractivity contribution < 1.29 is 38.9 Å². The van der Waals surface area contributed by atoms with E-state index >= 15 is 0 Å². The third-order valence-corrected chi connectivity index (χ3v) is 3.33. The summed E-state index contributed by atoms with van der Waals surface area (Å²) < 4.78 is 97.3. The minimum absolute atomic E-state index is 0.395. The van der Waals surface area contributed by atoms with Gasteiger partial charge in [0.15, 0.2) is 5.75 Å². The van der Waals surface area contributed by atoms with Gasteiger partial charge in [0.2, 0.25) is 0 Å². The average molecular weight is 373 g/mol. The van der Waals surface area contributed by atoms with Gasteiger partial charge in [-0.1, -0.05) is 0 Å². The molecule has 0 spiro atoms. The van der Waals surface area contributed by atoms with Crippen LogP contribution >= 0.6 is 15.9 Å². The maximum Gasteiger partial charge on any atom is 0.534 e. The highest BCUT2D eigenvalue weighted by atomic mass is 79.9. The first kappa shape index (κ1) is 16.1. The molecule has 1 rings (SSSR count). The van der Waals surface area contributed by atoms with Gasteiger partial charge < -0.3 is 4.18 Å². The quantitative estimate of drug-likeness (QED) is 0.451. The Morgan fingerprint density at radius 2 is 1.58 bits per heavy atom. The van der Waals surface area contributed by atoms with Gasteiger partial charge in [0.25, 0.3) is 0 Å². The smallest absolute Gasteiger partial charge is 0.375 e. The number of alkyl halides is 6. The Labute approximate surface area is 111 Å². The van der Waals surface area contributed by atoms with E-state index in [2.05, 4.69) is 20.1 Å². The zero-order valence-corrected chi connectivity index (χ0v) is 10.9. The summed E-state index contributed by atoms with van der Waals surface area (Å²) in [7, 11) is -5.93. The second-order valence-electron chi connectivity index (χ2n) is 3.13. The summed E-state index contributed by atoms with van der Waals surface area (Å²) in [5.74, 6) is -0.898. The molecule has 0 aliphatic rings. The van der Waals surface area contributed by atoms with Crippen LogP contribution in [0.5, 0.6) is 5.75 Å². The first-order valence-electron chi connectivity index (χ1n) is 4.22. The number of halogens is 7. The van der Waals surface area contributed by atoms with Crippen molar-refractivity contribution >= 4 is 26.0 Å². The van der Waals surface area contributed by atoms with Crippen molar-refractivity contribution in [1.29, 1.82) is 0 Å². The van der Waals surface area contributed by atoms with Crippen LogP contribution in [0.3, 0.4) is 0 Å². The molecule has 1 aromatic rings. The lowest BCUT2D eigenvalue weighted by Crippen LogP contribution is -2.28. The maximum absolute atomic E-state index is 12.3. The first-order valence-corrected chi connectivity index (χ1v) is 6.42. The third-order valence-electron chi connectivity index (χ3n) is 1.74. The molecule has 0 aromatic heterocycles. The largest absolute Gasteiger partial charge is 0.534 e. The molecule has 0 atom stereocenters. The van der Waals surface area contributed by atoms with Gasteiger partial charge in [-0.15, -0.1) is 0 Å². The highest BCUT2D eigenvalue weighted by molar-refractivity contribution is 9.10. The lowest BCUT2D eigenvalue weighted by molar-refractivity contribution is -0.137. The van der Waals surface area contributed by atoms with Crippen LogP contribution in [0.4, 0.5) is 26.3 Å². The van der Waals surface area contributed by atoms with Crippen molar-refractivity contribution in [2.75, 3.05) is 0 Å². The molecule has 11 heteroatoms. The van der Waals surface area contributed by atoms with Crippen molar-refractivity contribution in [2.45, 2.75) is 11.7 Å². The molecule has 108 valence electrons. The molecule has 0 saturated heterocycles. The van der Waals surface area contributed by atoms with Gasteiger partial charge in [0, 0.05) is 0 Å². The molecule has 0 heterocycles. The van der Waals surface area contributed by atoms with Gasteiger partial charge in [-0.05, 0) is 34.1 Å². The van der Waals surface area contributed by atoms with Crippen LogP contribution in [-0.2, 0) is 16.3 Å². The average Bonchev–Trinajstić information content (AvgIpc) is 2.17. The van der Waals surface area contributed by atoms with E-state index in [0.29, 0.717) is 18.2 Å². The highest BCUT2D eigenvalue weighted by Crippen LogP contribution is 2.36. The molecular weight excluding hydrogens is 370 g/mol. The summed E-state index contributed by atoms with van der Waals surface area (Å²) in [4.78, 5) is 0. The zero-order valence-electron chi connectivity index (χ0n) is 8.51. The lowest BCUT2D eigenvalue weighted by atomic mass is 10.2. The molecule has 0 saturated carbocycles. The maximum atomic E-state index is 12.3. The number of benzene rings is 1. The normalized spacial score (nSPS) is 13.4. The minimum atomic E-state index is -5.93.